The lowest BCUT2D eigenvalue weighted by Gasteiger charge is -2.38. The Hall–Kier alpha value is -2.46. The molecular formula is C19H32N4O6. The summed E-state index contributed by atoms with van der Waals surface area (Å²) in [4.78, 5) is 37.7. The van der Waals surface area contributed by atoms with Gasteiger partial charge in [0.1, 0.15) is 0 Å². The number of likely N-dealkylation sites (tertiary alicyclic amines) is 1. The first kappa shape index (κ1) is 24.6. The normalized spacial score (nSPS) is 24.3. The second-order valence-electron chi connectivity index (χ2n) is 7.27. The maximum absolute atomic E-state index is 12.6. The van der Waals surface area contributed by atoms with Gasteiger partial charge in [0.25, 0.3) is 12.9 Å². The van der Waals surface area contributed by atoms with E-state index in [2.05, 4.69) is 14.5 Å². The predicted molar refractivity (Wildman–Crippen MR) is 105 cm³/mol. The number of carbonyl (C=O) groups excluding carboxylic acids is 1. The number of carbonyl (C=O) groups is 3. The molecule has 2 N–H and O–H groups in total. The summed E-state index contributed by atoms with van der Waals surface area (Å²) < 4.78 is 7.86. The van der Waals surface area contributed by atoms with E-state index in [0.29, 0.717) is 12.5 Å². The van der Waals surface area contributed by atoms with Gasteiger partial charge in [-0.2, -0.15) is 0 Å². The summed E-state index contributed by atoms with van der Waals surface area (Å²) in [6.45, 7) is 8.58. The maximum Gasteiger partial charge on any atom is 0.290 e. The molecule has 0 aliphatic carbocycles. The Morgan fingerprint density at radius 2 is 1.79 bits per heavy atom. The van der Waals surface area contributed by atoms with Crippen LogP contribution >= 0.6 is 0 Å². The molecule has 0 spiro atoms. The highest BCUT2D eigenvalue weighted by molar-refractivity contribution is 5.78. The van der Waals surface area contributed by atoms with E-state index < -0.39 is 0 Å². The van der Waals surface area contributed by atoms with E-state index in [1.807, 2.05) is 37.5 Å². The number of carboxylic acid groups (broad SMARTS) is 2. The number of hydrogen-bond acceptors (Lipinski definition) is 6. The van der Waals surface area contributed by atoms with Gasteiger partial charge in [0.05, 0.1) is 25.1 Å². The van der Waals surface area contributed by atoms with E-state index in [0.717, 1.165) is 32.7 Å². The molecule has 0 saturated carbocycles. The Bertz CT molecular complexity index is 582. The van der Waals surface area contributed by atoms with Crippen molar-refractivity contribution in [2.45, 2.75) is 45.4 Å². The molecule has 2 aliphatic heterocycles. The van der Waals surface area contributed by atoms with Crippen LogP contribution in [0.25, 0.3) is 0 Å². The molecule has 3 atom stereocenters. The molecule has 0 radical (unpaired) electrons. The largest absolute Gasteiger partial charge is 0.483 e. The van der Waals surface area contributed by atoms with Crippen LogP contribution in [0.1, 0.15) is 26.7 Å². The van der Waals surface area contributed by atoms with Crippen LogP contribution in [0.4, 0.5) is 0 Å². The van der Waals surface area contributed by atoms with Gasteiger partial charge in [-0.15, -0.1) is 0 Å². The van der Waals surface area contributed by atoms with Crippen LogP contribution < -0.4 is 0 Å². The molecule has 0 bridgehead atoms. The van der Waals surface area contributed by atoms with Crippen molar-refractivity contribution in [3.8, 4) is 0 Å². The molecule has 10 heteroatoms. The van der Waals surface area contributed by atoms with E-state index in [1.165, 1.54) is 12.8 Å². The third-order valence-electron chi connectivity index (χ3n) is 4.76. The van der Waals surface area contributed by atoms with E-state index in [1.54, 1.807) is 0 Å². The molecule has 3 rings (SSSR count). The number of nitrogens with zero attached hydrogens (tertiary/aromatic N) is 4. The molecule has 2 fully saturated rings. The van der Waals surface area contributed by atoms with Crippen molar-refractivity contribution < 1.29 is 29.3 Å². The minimum absolute atomic E-state index is 0.137. The van der Waals surface area contributed by atoms with E-state index >= 15 is 0 Å². The average molecular weight is 412 g/mol. The average Bonchev–Trinajstić information content (AvgIpc) is 3.15. The van der Waals surface area contributed by atoms with Crippen LogP contribution in [0.3, 0.4) is 0 Å². The summed E-state index contributed by atoms with van der Waals surface area (Å²) in [7, 11) is 0. The van der Waals surface area contributed by atoms with Crippen molar-refractivity contribution in [3.63, 3.8) is 0 Å². The van der Waals surface area contributed by atoms with Gasteiger partial charge < -0.3 is 24.4 Å². The number of rotatable bonds is 4. The molecule has 164 valence electrons. The number of morpholine rings is 1. The fraction of sp³-hybridized carbons (Fsp3) is 0.684. The van der Waals surface area contributed by atoms with Gasteiger partial charge in [0.15, 0.2) is 0 Å². The quantitative estimate of drug-likeness (QED) is 0.690. The van der Waals surface area contributed by atoms with Crippen molar-refractivity contribution in [2.75, 3.05) is 32.7 Å². The van der Waals surface area contributed by atoms with Crippen molar-refractivity contribution in [1.82, 2.24) is 19.4 Å². The Kier molecular flexibility index (Phi) is 11.6. The number of hydrogen-bond donors (Lipinski definition) is 2. The topological polar surface area (TPSA) is 125 Å². The van der Waals surface area contributed by atoms with Crippen molar-refractivity contribution in [3.05, 3.63) is 18.7 Å². The smallest absolute Gasteiger partial charge is 0.290 e. The van der Waals surface area contributed by atoms with Crippen molar-refractivity contribution in [1.29, 1.82) is 0 Å². The fourth-order valence-corrected chi connectivity index (χ4v) is 3.81. The number of amides is 1. The highest BCUT2D eigenvalue weighted by Gasteiger charge is 2.28. The summed E-state index contributed by atoms with van der Waals surface area (Å²) in [6, 6.07) is 0. The van der Waals surface area contributed by atoms with E-state index in [4.69, 9.17) is 24.5 Å². The number of aromatic nitrogens is 2. The van der Waals surface area contributed by atoms with Gasteiger partial charge in [-0.05, 0) is 39.2 Å². The van der Waals surface area contributed by atoms with Gasteiger partial charge in [0, 0.05) is 38.6 Å². The molecule has 2 saturated heterocycles. The lowest BCUT2D eigenvalue weighted by atomic mass is 9.98. The van der Waals surface area contributed by atoms with Crippen LogP contribution in [0.5, 0.6) is 0 Å². The Labute approximate surface area is 171 Å². The van der Waals surface area contributed by atoms with E-state index in [-0.39, 0.29) is 31.1 Å². The number of piperidine rings is 1. The second-order valence-corrected chi connectivity index (χ2v) is 7.27. The molecule has 1 aromatic heterocycles. The van der Waals surface area contributed by atoms with Gasteiger partial charge in [-0.25, -0.2) is 4.98 Å². The summed E-state index contributed by atoms with van der Waals surface area (Å²) in [5.41, 5.74) is 0. The summed E-state index contributed by atoms with van der Waals surface area (Å²) in [5.74, 6) is 0.851. The molecule has 29 heavy (non-hydrogen) atoms. The second kappa shape index (κ2) is 13.7. The molecular weight excluding hydrogens is 380 g/mol. The van der Waals surface area contributed by atoms with Crippen LogP contribution in [0.2, 0.25) is 0 Å². The van der Waals surface area contributed by atoms with Crippen LogP contribution in [-0.2, 0) is 25.7 Å². The molecule has 1 amide bonds. The molecule has 0 aromatic carbocycles. The molecule has 2 aliphatic rings. The fourth-order valence-electron chi connectivity index (χ4n) is 3.81. The van der Waals surface area contributed by atoms with Crippen LogP contribution in [0, 0.1) is 5.92 Å². The standard InChI is InChI=1S/C17H28N4O2.2CH2O2/c1-14-8-21(9-15(2)23-14)17(22)12-19-6-3-4-16(10-19)11-20-7-5-18-13-20;2*2-1-3/h5,7,13-16H,3-4,6,8-12H2,1-2H3;2*1H,(H,2,3)/t14-,15+,16?;;. The van der Waals surface area contributed by atoms with Gasteiger partial charge in [0.2, 0.25) is 5.91 Å². The lowest BCUT2D eigenvalue weighted by molar-refractivity contribution is -0.144. The third-order valence-corrected chi connectivity index (χ3v) is 4.76. The number of imidazole rings is 1. The van der Waals surface area contributed by atoms with Crippen molar-refractivity contribution >= 4 is 18.9 Å². The first-order valence-electron chi connectivity index (χ1n) is 9.70. The first-order valence-corrected chi connectivity index (χ1v) is 9.70. The van der Waals surface area contributed by atoms with Gasteiger partial charge >= 0.3 is 0 Å². The third kappa shape index (κ3) is 9.53. The predicted octanol–water partition coefficient (Wildman–Crippen LogP) is 0.633. The van der Waals surface area contributed by atoms with Crippen LogP contribution in [-0.4, -0.2) is 93.3 Å². The summed E-state index contributed by atoms with van der Waals surface area (Å²) in [5, 5.41) is 13.8. The summed E-state index contributed by atoms with van der Waals surface area (Å²) >= 11 is 0. The number of ether oxygens (including phenoxy) is 1. The van der Waals surface area contributed by atoms with Crippen molar-refractivity contribution in [2.24, 2.45) is 5.92 Å². The van der Waals surface area contributed by atoms with Gasteiger partial charge in [-0.3, -0.25) is 19.3 Å². The van der Waals surface area contributed by atoms with Crippen LogP contribution in [0.15, 0.2) is 18.7 Å². The summed E-state index contributed by atoms with van der Waals surface area (Å²) in [6.07, 6.45) is 8.39. The highest BCUT2D eigenvalue weighted by atomic mass is 16.5. The molecule has 1 unspecified atom stereocenters. The first-order chi connectivity index (χ1) is 13.9. The molecule has 3 heterocycles. The zero-order chi connectivity index (χ0) is 21.6. The Morgan fingerprint density at radius 1 is 1.17 bits per heavy atom. The monoisotopic (exact) mass is 412 g/mol. The minimum Gasteiger partial charge on any atom is -0.483 e. The van der Waals surface area contributed by atoms with Gasteiger partial charge in [-0.1, -0.05) is 0 Å². The Balaban J connectivity index is 0.000000626. The lowest BCUT2D eigenvalue weighted by Crippen LogP contribution is -2.52. The highest BCUT2D eigenvalue weighted by Crippen LogP contribution is 2.19. The molecule has 10 nitrogen and oxygen atoms in total. The zero-order valence-corrected chi connectivity index (χ0v) is 17.1. The molecule has 1 aromatic rings. The Morgan fingerprint density at radius 3 is 2.34 bits per heavy atom. The van der Waals surface area contributed by atoms with E-state index in [9.17, 15) is 4.79 Å². The minimum atomic E-state index is -0.250. The SMILES string of the molecule is C[C@@H]1CN(C(=O)CN2CCCC(Cn3ccnc3)C2)C[C@H](C)O1.O=CO.O=CO. The maximum atomic E-state index is 12.6. The zero-order valence-electron chi connectivity index (χ0n) is 17.1.